The third-order valence-corrected chi connectivity index (χ3v) is 8.35. The second-order valence-electron chi connectivity index (χ2n) is 9.94. The molecule has 1 aromatic carbocycles. The van der Waals surface area contributed by atoms with Crippen molar-refractivity contribution in [3.05, 3.63) is 57.8 Å². The van der Waals surface area contributed by atoms with Gasteiger partial charge in [0.05, 0.1) is 0 Å². The molecule has 1 aliphatic carbocycles. The Labute approximate surface area is 207 Å². The van der Waals surface area contributed by atoms with E-state index < -0.39 is 6.04 Å². The van der Waals surface area contributed by atoms with Crippen molar-refractivity contribution in [3.8, 4) is 0 Å². The molecular formula is C27H38N4O2S. The van der Waals surface area contributed by atoms with E-state index in [1.807, 2.05) is 0 Å². The Morgan fingerprint density at radius 2 is 1.85 bits per heavy atom. The summed E-state index contributed by atoms with van der Waals surface area (Å²) in [6.07, 6.45) is 5.26. The Balaban J connectivity index is 1.51. The van der Waals surface area contributed by atoms with Gasteiger partial charge < -0.3 is 16.0 Å². The fraction of sp³-hybridized carbons (Fsp3) is 0.556. The van der Waals surface area contributed by atoms with Crippen molar-refractivity contribution in [2.45, 2.75) is 89.6 Å². The summed E-state index contributed by atoms with van der Waals surface area (Å²) >= 11 is 1.77. The molecule has 2 atom stereocenters. The Kier molecular flexibility index (Phi) is 8.40. The number of hydrogen-bond donors (Lipinski definition) is 2. The lowest BCUT2D eigenvalue weighted by Crippen LogP contribution is -2.58. The Hall–Kier alpha value is -2.22. The van der Waals surface area contributed by atoms with E-state index >= 15 is 0 Å². The Bertz CT molecular complexity index is 955. The molecule has 7 heteroatoms. The van der Waals surface area contributed by atoms with Crippen LogP contribution in [-0.2, 0) is 22.7 Å². The summed E-state index contributed by atoms with van der Waals surface area (Å²) in [6, 6.07) is 13.0. The summed E-state index contributed by atoms with van der Waals surface area (Å²) < 4.78 is 0. The minimum atomic E-state index is -0.422. The van der Waals surface area contributed by atoms with Crippen LogP contribution in [0, 0.1) is 6.92 Å². The van der Waals surface area contributed by atoms with E-state index in [9.17, 15) is 9.59 Å². The molecule has 34 heavy (non-hydrogen) atoms. The Morgan fingerprint density at radius 3 is 2.53 bits per heavy atom. The molecule has 1 aliphatic heterocycles. The third kappa shape index (κ3) is 6.26. The van der Waals surface area contributed by atoms with Gasteiger partial charge in [0.2, 0.25) is 11.8 Å². The van der Waals surface area contributed by atoms with Gasteiger partial charge in [-0.3, -0.25) is 14.5 Å². The molecule has 4 rings (SSSR count). The fourth-order valence-corrected chi connectivity index (χ4v) is 6.12. The minimum Gasteiger partial charge on any atom is -0.352 e. The van der Waals surface area contributed by atoms with Gasteiger partial charge in [-0.1, -0.05) is 30.3 Å². The number of nitrogens with two attached hydrogens (primary N) is 1. The standard InChI is InChI=1S/C27H38N4O2S/c1-19-6-3-4-7-21(19)17-30(18-25-8-5-15-34-25)24-13-14-31(20(2)32)26(16-24)27(33)29-23-11-9-22(28)10-12-23/h3-8,15,22-24,26H,9-14,16-18,28H2,1-2H3,(H,29,33)/t22?,23?,24?,26-/m1/s1. The average Bonchev–Trinajstić information content (AvgIpc) is 3.34. The number of piperidine rings is 1. The lowest BCUT2D eigenvalue weighted by Gasteiger charge is -2.43. The van der Waals surface area contributed by atoms with E-state index in [2.05, 4.69) is 58.9 Å². The molecule has 0 bridgehead atoms. The maximum atomic E-state index is 13.4. The van der Waals surface area contributed by atoms with E-state index in [1.54, 1.807) is 23.2 Å². The number of nitrogens with zero attached hydrogens (tertiary/aromatic N) is 2. The first kappa shape index (κ1) is 24.9. The van der Waals surface area contributed by atoms with Gasteiger partial charge in [-0.05, 0) is 68.0 Å². The summed E-state index contributed by atoms with van der Waals surface area (Å²) in [7, 11) is 0. The highest BCUT2D eigenvalue weighted by Crippen LogP contribution is 2.28. The van der Waals surface area contributed by atoms with Gasteiger partial charge in [-0.2, -0.15) is 0 Å². The van der Waals surface area contributed by atoms with Gasteiger partial charge in [0.25, 0.3) is 0 Å². The van der Waals surface area contributed by atoms with E-state index in [0.717, 1.165) is 45.2 Å². The predicted molar refractivity (Wildman–Crippen MR) is 137 cm³/mol. The number of benzene rings is 1. The van der Waals surface area contributed by atoms with Crippen molar-refractivity contribution in [2.75, 3.05) is 6.54 Å². The zero-order valence-electron chi connectivity index (χ0n) is 20.4. The van der Waals surface area contributed by atoms with Crippen molar-refractivity contribution in [2.24, 2.45) is 5.73 Å². The number of nitrogens with one attached hydrogen (secondary N) is 1. The molecule has 1 unspecified atom stereocenters. The van der Waals surface area contributed by atoms with Crippen LogP contribution in [0.15, 0.2) is 41.8 Å². The van der Waals surface area contributed by atoms with Crippen molar-refractivity contribution < 1.29 is 9.59 Å². The summed E-state index contributed by atoms with van der Waals surface area (Å²) in [5.74, 6) is -0.0275. The zero-order valence-corrected chi connectivity index (χ0v) is 21.2. The molecule has 2 fully saturated rings. The van der Waals surface area contributed by atoms with E-state index in [0.29, 0.717) is 13.0 Å². The van der Waals surface area contributed by atoms with Crippen LogP contribution >= 0.6 is 11.3 Å². The molecular weight excluding hydrogens is 444 g/mol. The predicted octanol–water partition coefficient (Wildman–Crippen LogP) is 3.82. The highest BCUT2D eigenvalue weighted by Gasteiger charge is 2.38. The van der Waals surface area contributed by atoms with Crippen LogP contribution in [0.5, 0.6) is 0 Å². The minimum absolute atomic E-state index is 0.00710. The molecule has 0 spiro atoms. The lowest BCUT2D eigenvalue weighted by atomic mass is 9.90. The van der Waals surface area contributed by atoms with Gasteiger partial charge in [0.1, 0.15) is 6.04 Å². The van der Waals surface area contributed by atoms with Crippen LogP contribution in [0.3, 0.4) is 0 Å². The zero-order chi connectivity index (χ0) is 24.1. The van der Waals surface area contributed by atoms with Crippen LogP contribution in [0.25, 0.3) is 0 Å². The van der Waals surface area contributed by atoms with E-state index in [-0.39, 0.29) is 29.9 Å². The SMILES string of the molecule is CC(=O)N1CCC(N(Cc2cccs2)Cc2ccccc2C)C[C@@H]1C(=O)NC1CCC(N)CC1. The normalized spacial score (nSPS) is 25.4. The molecule has 184 valence electrons. The van der Waals surface area contributed by atoms with Crippen LogP contribution < -0.4 is 11.1 Å². The molecule has 2 amide bonds. The number of carbonyl (C=O) groups excluding carboxylic acids is 2. The van der Waals surface area contributed by atoms with Crippen molar-refractivity contribution in [3.63, 3.8) is 0 Å². The molecule has 1 saturated heterocycles. The van der Waals surface area contributed by atoms with Gasteiger partial charge in [-0.25, -0.2) is 0 Å². The second kappa shape index (κ2) is 11.5. The van der Waals surface area contributed by atoms with E-state index in [1.165, 1.54) is 16.0 Å². The van der Waals surface area contributed by atoms with Gasteiger partial charge >= 0.3 is 0 Å². The highest BCUT2D eigenvalue weighted by atomic mass is 32.1. The molecule has 0 radical (unpaired) electrons. The summed E-state index contributed by atoms with van der Waals surface area (Å²) in [6.45, 7) is 6.04. The number of carbonyl (C=O) groups is 2. The quantitative estimate of drug-likeness (QED) is 0.629. The maximum absolute atomic E-state index is 13.4. The molecule has 2 aromatic rings. The summed E-state index contributed by atoms with van der Waals surface area (Å²) in [5.41, 5.74) is 8.64. The second-order valence-corrected chi connectivity index (χ2v) is 11.0. The van der Waals surface area contributed by atoms with Crippen LogP contribution in [-0.4, -0.2) is 52.3 Å². The first-order valence-corrected chi connectivity index (χ1v) is 13.4. The largest absolute Gasteiger partial charge is 0.352 e. The number of thiophene rings is 1. The number of likely N-dealkylation sites (tertiary alicyclic amines) is 1. The molecule has 1 aromatic heterocycles. The fourth-order valence-electron chi connectivity index (χ4n) is 5.39. The lowest BCUT2D eigenvalue weighted by molar-refractivity contribution is -0.142. The van der Waals surface area contributed by atoms with Crippen molar-refractivity contribution >= 4 is 23.2 Å². The van der Waals surface area contributed by atoms with Gasteiger partial charge in [-0.15, -0.1) is 11.3 Å². The van der Waals surface area contributed by atoms with Gasteiger partial charge in [0, 0.05) is 49.6 Å². The first-order valence-electron chi connectivity index (χ1n) is 12.5. The summed E-state index contributed by atoms with van der Waals surface area (Å²) in [4.78, 5) is 31.4. The highest BCUT2D eigenvalue weighted by molar-refractivity contribution is 7.09. The molecule has 2 aliphatic rings. The first-order chi connectivity index (χ1) is 16.4. The number of aryl methyl sites for hydroxylation is 1. The topological polar surface area (TPSA) is 78.7 Å². The number of hydrogen-bond acceptors (Lipinski definition) is 5. The average molecular weight is 483 g/mol. The van der Waals surface area contributed by atoms with Crippen molar-refractivity contribution in [1.29, 1.82) is 0 Å². The van der Waals surface area contributed by atoms with E-state index in [4.69, 9.17) is 5.73 Å². The van der Waals surface area contributed by atoms with Crippen LogP contribution in [0.4, 0.5) is 0 Å². The maximum Gasteiger partial charge on any atom is 0.243 e. The third-order valence-electron chi connectivity index (χ3n) is 7.49. The monoisotopic (exact) mass is 482 g/mol. The molecule has 3 N–H and O–H groups in total. The smallest absolute Gasteiger partial charge is 0.243 e. The summed E-state index contributed by atoms with van der Waals surface area (Å²) in [5, 5.41) is 5.37. The Morgan fingerprint density at radius 1 is 1.09 bits per heavy atom. The molecule has 1 saturated carbocycles. The van der Waals surface area contributed by atoms with Crippen LogP contribution in [0.2, 0.25) is 0 Å². The number of rotatable bonds is 7. The van der Waals surface area contributed by atoms with Gasteiger partial charge in [0.15, 0.2) is 0 Å². The molecule has 2 heterocycles. The number of amides is 2. The molecule has 6 nitrogen and oxygen atoms in total. The van der Waals surface area contributed by atoms with Crippen molar-refractivity contribution in [1.82, 2.24) is 15.1 Å². The van der Waals surface area contributed by atoms with Crippen LogP contribution in [0.1, 0.15) is 61.5 Å².